The Hall–Kier alpha value is -2.17. The van der Waals surface area contributed by atoms with Crippen molar-refractivity contribution in [3.63, 3.8) is 0 Å². The van der Waals surface area contributed by atoms with Gasteiger partial charge in [0.05, 0.1) is 10.5 Å². The summed E-state index contributed by atoms with van der Waals surface area (Å²) in [5, 5.41) is 10.7. The van der Waals surface area contributed by atoms with E-state index < -0.39 is 17.0 Å². The number of nitrogens with zero attached hydrogens (tertiary/aromatic N) is 1. The molecule has 0 N–H and O–H groups in total. The normalized spacial score (nSPS) is 11.6. The summed E-state index contributed by atoms with van der Waals surface area (Å²) < 4.78 is 4.91. The molecule has 0 fully saturated rings. The standard InChI is InChI=1S/C11H11NO4/c1-3-11(13)16-8(2)9-6-4-5-7-10(9)12(14)15/h3-8H,1H2,2H3/t8-/m0/s1. The van der Waals surface area contributed by atoms with Gasteiger partial charge in [0, 0.05) is 12.1 Å². The van der Waals surface area contributed by atoms with Crippen molar-refractivity contribution in [2.75, 3.05) is 0 Å². The third kappa shape index (κ3) is 2.66. The smallest absolute Gasteiger partial charge is 0.330 e. The molecule has 1 atom stereocenters. The number of ether oxygens (including phenoxy) is 1. The van der Waals surface area contributed by atoms with Gasteiger partial charge in [-0.3, -0.25) is 10.1 Å². The molecule has 0 aromatic heterocycles. The number of carbonyl (C=O) groups is 1. The van der Waals surface area contributed by atoms with Crippen molar-refractivity contribution in [2.24, 2.45) is 0 Å². The summed E-state index contributed by atoms with van der Waals surface area (Å²) in [7, 11) is 0. The number of nitro benzene ring substituents is 1. The lowest BCUT2D eigenvalue weighted by atomic mass is 10.1. The average molecular weight is 221 g/mol. The molecule has 0 spiro atoms. The van der Waals surface area contributed by atoms with E-state index in [0.717, 1.165) is 6.08 Å². The minimum Gasteiger partial charge on any atom is -0.454 e. The number of hydrogen-bond acceptors (Lipinski definition) is 4. The van der Waals surface area contributed by atoms with Gasteiger partial charge in [-0.2, -0.15) is 0 Å². The summed E-state index contributed by atoms with van der Waals surface area (Å²) in [5.41, 5.74) is 0.301. The van der Waals surface area contributed by atoms with E-state index in [1.807, 2.05) is 0 Å². The first-order valence-electron chi connectivity index (χ1n) is 4.62. The van der Waals surface area contributed by atoms with Crippen LogP contribution in [-0.2, 0) is 9.53 Å². The van der Waals surface area contributed by atoms with E-state index in [0.29, 0.717) is 5.56 Å². The number of rotatable bonds is 4. The summed E-state index contributed by atoms with van der Waals surface area (Å²) in [6, 6.07) is 6.14. The van der Waals surface area contributed by atoms with E-state index in [9.17, 15) is 14.9 Å². The van der Waals surface area contributed by atoms with Gasteiger partial charge in [0.1, 0.15) is 6.10 Å². The van der Waals surface area contributed by atoms with Crippen molar-refractivity contribution >= 4 is 11.7 Å². The Labute approximate surface area is 92.5 Å². The Bertz CT molecular complexity index is 428. The molecular weight excluding hydrogens is 210 g/mol. The summed E-state index contributed by atoms with van der Waals surface area (Å²) in [6.45, 7) is 4.83. The SMILES string of the molecule is C=CC(=O)O[C@@H](C)c1ccccc1[N+](=O)[O-]. The second-order valence-electron chi connectivity index (χ2n) is 3.10. The maximum atomic E-state index is 11.0. The molecule has 1 aromatic rings. The van der Waals surface area contributed by atoms with Crippen LogP contribution in [0.25, 0.3) is 0 Å². The zero-order valence-electron chi connectivity index (χ0n) is 8.75. The molecule has 0 aliphatic heterocycles. The predicted octanol–water partition coefficient (Wildman–Crippen LogP) is 2.39. The van der Waals surface area contributed by atoms with Gasteiger partial charge in [-0.15, -0.1) is 0 Å². The lowest BCUT2D eigenvalue weighted by Gasteiger charge is -2.11. The first-order valence-corrected chi connectivity index (χ1v) is 4.62. The highest BCUT2D eigenvalue weighted by atomic mass is 16.6. The molecule has 0 saturated carbocycles. The van der Waals surface area contributed by atoms with Crippen molar-refractivity contribution in [2.45, 2.75) is 13.0 Å². The fourth-order valence-corrected chi connectivity index (χ4v) is 1.28. The van der Waals surface area contributed by atoms with E-state index in [-0.39, 0.29) is 5.69 Å². The second-order valence-corrected chi connectivity index (χ2v) is 3.10. The first-order chi connectivity index (χ1) is 7.56. The minimum atomic E-state index is -0.674. The first kappa shape index (κ1) is 11.9. The minimum absolute atomic E-state index is 0.0631. The molecule has 84 valence electrons. The lowest BCUT2D eigenvalue weighted by molar-refractivity contribution is -0.386. The maximum absolute atomic E-state index is 11.0. The second kappa shape index (κ2) is 5.06. The van der Waals surface area contributed by atoms with Gasteiger partial charge in [-0.25, -0.2) is 4.79 Å². The number of hydrogen-bond donors (Lipinski definition) is 0. The van der Waals surface area contributed by atoms with E-state index in [4.69, 9.17) is 4.74 Å². The van der Waals surface area contributed by atoms with E-state index in [1.165, 1.54) is 6.07 Å². The van der Waals surface area contributed by atoms with Crippen LogP contribution < -0.4 is 0 Å². The van der Waals surface area contributed by atoms with Crippen LogP contribution in [0.15, 0.2) is 36.9 Å². The topological polar surface area (TPSA) is 69.4 Å². The average Bonchev–Trinajstić information content (AvgIpc) is 2.28. The molecule has 0 amide bonds. The van der Waals surface area contributed by atoms with Gasteiger partial charge < -0.3 is 4.74 Å². The van der Waals surface area contributed by atoms with Crippen LogP contribution in [0.1, 0.15) is 18.6 Å². The summed E-state index contributed by atoms with van der Waals surface area (Å²) in [5.74, 6) is -0.606. The summed E-state index contributed by atoms with van der Waals surface area (Å²) in [6.07, 6.45) is 0.345. The summed E-state index contributed by atoms with van der Waals surface area (Å²) >= 11 is 0. The maximum Gasteiger partial charge on any atom is 0.330 e. The van der Waals surface area contributed by atoms with E-state index in [2.05, 4.69) is 6.58 Å². The van der Waals surface area contributed by atoms with Crippen molar-refractivity contribution in [3.05, 3.63) is 52.6 Å². The van der Waals surface area contributed by atoms with Gasteiger partial charge in [0.25, 0.3) is 5.69 Å². The molecule has 16 heavy (non-hydrogen) atoms. The van der Waals surface area contributed by atoms with Crippen LogP contribution in [0.3, 0.4) is 0 Å². The summed E-state index contributed by atoms with van der Waals surface area (Å²) in [4.78, 5) is 21.2. The van der Waals surface area contributed by atoms with Crippen LogP contribution in [-0.4, -0.2) is 10.9 Å². The number of esters is 1. The van der Waals surface area contributed by atoms with Gasteiger partial charge >= 0.3 is 5.97 Å². The quantitative estimate of drug-likeness (QED) is 0.339. The van der Waals surface area contributed by atoms with Crippen molar-refractivity contribution in [1.29, 1.82) is 0 Å². The lowest BCUT2D eigenvalue weighted by Crippen LogP contribution is -2.07. The monoisotopic (exact) mass is 221 g/mol. The highest BCUT2D eigenvalue weighted by Gasteiger charge is 2.20. The molecule has 5 nitrogen and oxygen atoms in total. The van der Waals surface area contributed by atoms with Gasteiger partial charge in [-0.1, -0.05) is 18.7 Å². The Morgan fingerprint density at radius 2 is 2.19 bits per heavy atom. The predicted molar refractivity (Wildman–Crippen MR) is 57.8 cm³/mol. The van der Waals surface area contributed by atoms with E-state index in [1.54, 1.807) is 25.1 Å². The largest absolute Gasteiger partial charge is 0.454 e. The number of benzene rings is 1. The molecule has 1 rings (SSSR count). The zero-order valence-corrected chi connectivity index (χ0v) is 8.75. The van der Waals surface area contributed by atoms with Gasteiger partial charge in [0.15, 0.2) is 0 Å². The van der Waals surface area contributed by atoms with Gasteiger partial charge in [-0.05, 0) is 13.0 Å². The molecular formula is C11H11NO4. The molecule has 5 heteroatoms. The highest BCUT2D eigenvalue weighted by Crippen LogP contribution is 2.26. The van der Waals surface area contributed by atoms with Crippen LogP contribution >= 0.6 is 0 Å². The Morgan fingerprint density at radius 1 is 1.56 bits per heavy atom. The molecule has 0 saturated heterocycles. The van der Waals surface area contributed by atoms with Crippen LogP contribution in [0.2, 0.25) is 0 Å². The fraction of sp³-hybridized carbons (Fsp3) is 0.182. The Kier molecular flexibility index (Phi) is 3.77. The molecule has 0 bridgehead atoms. The molecule has 1 aromatic carbocycles. The fourth-order valence-electron chi connectivity index (χ4n) is 1.28. The third-order valence-electron chi connectivity index (χ3n) is 2.03. The van der Waals surface area contributed by atoms with Crippen LogP contribution in [0, 0.1) is 10.1 Å². The number of nitro groups is 1. The van der Waals surface area contributed by atoms with Gasteiger partial charge in [0.2, 0.25) is 0 Å². The Balaban J connectivity index is 2.98. The molecule has 0 radical (unpaired) electrons. The molecule has 0 heterocycles. The Morgan fingerprint density at radius 3 is 2.75 bits per heavy atom. The molecule has 0 unspecified atom stereocenters. The number of para-hydroxylation sites is 1. The number of carbonyl (C=O) groups excluding carboxylic acids is 1. The highest BCUT2D eigenvalue weighted by molar-refractivity contribution is 5.81. The third-order valence-corrected chi connectivity index (χ3v) is 2.03. The van der Waals surface area contributed by atoms with Crippen molar-refractivity contribution in [3.8, 4) is 0 Å². The van der Waals surface area contributed by atoms with Crippen LogP contribution in [0.5, 0.6) is 0 Å². The zero-order chi connectivity index (χ0) is 12.1. The van der Waals surface area contributed by atoms with Crippen molar-refractivity contribution < 1.29 is 14.5 Å². The van der Waals surface area contributed by atoms with Crippen molar-refractivity contribution in [1.82, 2.24) is 0 Å². The molecule has 0 aliphatic carbocycles. The molecule has 0 aliphatic rings. The van der Waals surface area contributed by atoms with E-state index >= 15 is 0 Å². The van der Waals surface area contributed by atoms with Crippen LogP contribution in [0.4, 0.5) is 5.69 Å².